The zero-order chi connectivity index (χ0) is 13.3. The molecule has 1 aliphatic rings. The third kappa shape index (κ3) is 2.17. The second-order valence-electron chi connectivity index (χ2n) is 4.87. The number of hydrogen-bond acceptors (Lipinski definition) is 3. The number of nitrogens with two attached hydrogens (primary N) is 1. The van der Waals surface area contributed by atoms with Gasteiger partial charge in [-0.15, -0.1) is 0 Å². The Kier molecular flexibility index (Phi) is 2.71. The SMILES string of the molecule is Nc1ccc(NC(=O)C2(c3ccccc3)CC2)cn1. The number of nitrogen functional groups attached to an aromatic ring is 1. The Morgan fingerprint density at radius 1 is 1.16 bits per heavy atom. The van der Waals surface area contributed by atoms with E-state index >= 15 is 0 Å². The van der Waals surface area contributed by atoms with E-state index in [1.807, 2.05) is 30.3 Å². The minimum absolute atomic E-state index is 0.0327. The highest BCUT2D eigenvalue weighted by Crippen LogP contribution is 2.48. The fourth-order valence-corrected chi connectivity index (χ4v) is 2.26. The van der Waals surface area contributed by atoms with Crippen molar-refractivity contribution in [1.29, 1.82) is 0 Å². The summed E-state index contributed by atoms with van der Waals surface area (Å²) >= 11 is 0. The Morgan fingerprint density at radius 2 is 1.89 bits per heavy atom. The van der Waals surface area contributed by atoms with Gasteiger partial charge >= 0.3 is 0 Å². The number of nitrogens with one attached hydrogen (secondary N) is 1. The van der Waals surface area contributed by atoms with Crippen LogP contribution in [0.25, 0.3) is 0 Å². The second-order valence-corrected chi connectivity index (χ2v) is 4.87. The molecule has 19 heavy (non-hydrogen) atoms. The lowest BCUT2D eigenvalue weighted by molar-refractivity contribution is -0.118. The molecule has 96 valence electrons. The number of aromatic nitrogens is 1. The zero-order valence-electron chi connectivity index (χ0n) is 10.5. The summed E-state index contributed by atoms with van der Waals surface area (Å²) in [6.45, 7) is 0. The van der Waals surface area contributed by atoms with Gasteiger partial charge in [0.05, 0.1) is 17.3 Å². The quantitative estimate of drug-likeness (QED) is 0.882. The van der Waals surface area contributed by atoms with Gasteiger partial charge in [-0.1, -0.05) is 30.3 Å². The molecule has 0 spiro atoms. The fraction of sp³-hybridized carbons (Fsp3) is 0.200. The van der Waals surface area contributed by atoms with Crippen LogP contribution in [0.15, 0.2) is 48.7 Å². The van der Waals surface area contributed by atoms with Crippen LogP contribution in [0.3, 0.4) is 0 Å². The average molecular weight is 253 g/mol. The maximum Gasteiger partial charge on any atom is 0.235 e. The van der Waals surface area contributed by atoms with Crippen LogP contribution in [0.5, 0.6) is 0 Å². The molecule has 0 radical (unpaired) electrons. The van der Waals surface area contributed by atoms with Crippen molar-refractivity contribution in [1.82, 2.24) is 4.98 Å². The highest BCUT2D eigenvalue weighted by atomic mass is 16.2. The minimum atomic E-state index is -0.358. The summed E-state index contributed by atoms with van der Waals surface area (Å²) in [5.74, 6) is 0.479. The van der Waals surface area contributed by atoms with Crippen molar-refractivity contribution in [3.63, 3.8) is 0 Å². The predicted molar refractivity (Wildman–Crippen MR) is 74.6 cm³/mol. The van der Waals surface area contributed by atoms with E-state index in [2.05, 4.69) is 10.3 Å². The topological polar surface area (TPSA) is 68.0 Å². The molecule has 1 aromatic heterocycles. The molecule has 4 nitrogen and oxygen atoms in total. The average Bonchev–Trinajstić information content (AvgIpc) is 3.24. The number of anilines is 2. The Bertz CT molecular complexity index is 589. The van der Waals surface area contributed by atoms with Gasteiger partial charge in [-0.2, -0.15) is 0 Å². The lowest BCUT2D eigenvalue weighted by Crippen LogP contribution is -2.27. The molecule has 1 saturated carbocycles. The molecule has 1 aromatic carbocycles. The molecule has 2 aromatic rings. The third-order valence-corrected chi connectivity index (χ3v) is 3.56. The van der Waals surface area contributed by atoms with Crippen molar-refractivity contribution >= 4 is 17.4 Å². The first-order chi connectivity index (χ1) is 9.21. The lowest BCUT2D eigenvalue weighted by atomic mass is 9.95. The molecule has 1 heterocycles. The molecule has 0 aliphatic heterocycles. The minimum Gasteiger partial charge on any atom is -0.384 e. The standard InChI is InChI=1S/C15H15N3O/c16-13-7-6-12(10-17-13)18-14(19)15(8-9-15)11-4-2-1-3-5-11/h1-7,10H,8-9H2,(H2,16,17)(H,18,19). The van der Waals surface area contributed by atoms with Crippen molar-refractivity contribution in [3.8, 4) is 0 Å². The summed E-state index contributed by atoms with van der Waals surface area (Å²) < 4.78 is 0. The van der Waals surface area contributed by atoms with Crippen molar-refractivity contribution in [2.75, 3.05) is 11.1 Å². The van der Waals surface area contributed by atoms with Crippen LogP contribution in [0.4, 0.5) is 11.5 Å². The van der Waals surface area contributed by atoms with Crippen molar-refractivity contribution in [3.05, 3.63) is 54.2 Å². The van der Waals surface area contributed by atoms with Crippen molar-refractivity contribution in [2.45, 2.75) is 18.3 Å². The Labute approximate surface area is 111 Å². The number of amides is 1. The van der Waals surface area contributed by atoms with Gasteiger partial charge < -0.3 is 11.1 Å². The van der Waals surface area contributed by atoms with E-state index in [0.29, 0.717) is 11.5 Å². The summed E-state index contributed by atoms with van der Waals surface area (Å²) in [6.07, 6.45) is 3.37. The number of hydrogen-bond donors (Lipinski definition) is 2. The highest BCUT2D eigenvalue weighted by Gasteiger charge is 2.51. The first-order valence-electron chi connectivity index (χ1n) is 6.29. The van der Waals surface area contributed by atoms with E-state index in [9.17, 15) is 4.79 Å². The lowest BCUT2D eigenvalue weighted by Gasteiger charge is -2.15. The molecule has 0 bridgehead atoms. The summed E-state index contributed by atoms with van der Waals surface area (Å²) in [7, 11) is 0. The first-order valence-corrected chi connectivity index (χ1v) is 6.29. The van der Waals surface area contributed by atoms with Crippen LogP contribution < -0.4 is 11.1 Å². The number of nitrogens with zero attached hydrogens (tertiary/aromatic N) is 1. The Hall–Kier alpha value is -2.36. The second kappa shape index (κ2) is 4.39. The summed E-state index contributed by atoms with van der Waals surface area (Å²) in [5.41, 5.74) is 6.93. The molecule has 0 unspecified atom stereocenters. The van der Waals surface area contributed by atoms with E-state index in [0.717, 1.165) is 18.4 Å². The van der Waals surface area contributed by atoms with Crippen LogP contribution in [-0.4, -0.2) is 10.9 Å². The van der Waals surface area contributed by atoms with Gasteiger partial charge in [-0.05, 0) is 30.5 Å². The molecular formula is C15H15N3O. The number of carbonyl (C=O) groups is 1. The van der Waals surface area contributed by atoms with Gasteiger partial charge in [0.15, 0.2) is 0 Å². The molecule has 3 rings (SSSR count). The number of benzene rings is 1. The van der Waals surface area contributed by atoms with E-state index < -0.39 is 0 Å². The fourth-order valence-electron chi connectivity index (χ4n) is 2.26. The van der Waals surface area contributed by atoms with Crippen LogP contribution in [-0.2, 0) is 10.2 Å². The predicted octanol–water partition coefficient (Wildman–Crippen LogP) is 2.33. The Balaban J connectivity index is 1.79. The van der Waals surface area contributed by atoms with Crippen LogP contribution >= 0.6 is 0 Å². The van der Waals surface area contributed by atoms with Crippen molar-refractivity contribution < 1.29 is 4.79 Å². The van der Waals surface area contributed by atoms with E-state index in [4.69, 9.17) is 5.73 Å². The summed E-state index contributed by atoms with van der Waals surface area (Å²) in [4.78, 5) is 16.4. The van der Waals surface area contributed by atoms with Gasteiger partial charge in [0, 0.05) is 0 Å². The number of rotatable bonds is 3. The van der Waals surface area contributed by atoms with Gasteiger partial charge in [-0.3, -0.25) is 4.79 Å². The first kappa shape index (κ1) is 11.7. The smallest absolute Gasteiger partial charge is 0.235 e. The van der Waals surface area contributed by atoms with Gasteiger partial charge in [0.2, 0.25) is 5.91 Å². The molecule has 1 amide bonds. The molecule has 1 aliphatic carbocycles. The molecular weight excluding hydrogens is 238 g/mol. The number of pyridine rings is 1. The van der Waals surface area contributed by atoms with Gasteiger partial charge in [0.1, 0.15) is 5.82 Å². The maximum atomic E-state index is 12.4. The van der Waals surface area contributed by atoms with Crippen LogP contribution in [0.2, 0.25) is 0 Å². The largest absolute Gasteiger partial charge is 0.384 e. The number of carbonyl (C=O) groups excluding carboxylic acids is 1. The molecule has 0 atom stereocenters. The summed E-state index contributed by atoms with van der Waals surface area (Å²) in [5, 5.41) is 2.91. The van der Waals surface area contributed by atoms with E-state index in [-0.39, 0.29) is 11.3 Å². The zero-order valence-corrected chi connectivity index (χ0v) is 10.5. The highest BCUT2D eigenvalue weighted by molar-refractivity contribution is 6.01. The molecule has 4 heteroatoms. The third-order valence-electron chi connectivity index (χ3n) is 3.56. The van der Waals surface area contributed by atoms with Crippen LogP contribution in [0, 0.1) is 0 Å². The van der Waals surface area contributed by atoms with Crippen molar-refractivity contribution in [2.24, 2.45) is 0 Å². The van der Waals surface area contributed by atoms with E-state index in [1.54, 1.807) is 18.3 Å². The van der Waals surface area contributed by atoms with Gasteiger partial charge in [-0.25, -0.2) is 4.98 Å². The van der Waals surface area contributed by atoms with E-state index in [1.165, 1.54) is 0 Å². The molecule has 1 fully saturated rings. The van der Waals surface area contributed by atoms with Crippen LogP contribution in [0.1, 0.15) is 18.4 Å². The van der Waals surface area contributed by atoms with Gasteiger partial charge in [0.25, 0.3) is 0 Å². The molecule has 0 saturated heterocycles. The Morgan fingerprint density at radius 3 is 2.47 bits per heavy atom. The summed E-state index contributed by atoms with van der Waals surface area (Å²) in [6, 6.07) is 13.4. The maximum absolute atomic E-state index is 12.4. The molecule has 3 N–H and O–H groups in total. The monoisotopic (exact) mass is 253 g/mol. The normalized spacial score (nSPS) is 15.8.